The number of allylic oxidation sites excluding steroid dienone is 2. The van der Waals surface area contributed by atoms with Crippen LogP contribution >= 0.6 is 0 Å². The second kappa shape index (κ2) is 10.1. The van der Waals surface area contributed by atoms with Crippen molar-refractivity contribution >= 4 is 5.57 Å². The summed E-state index contributed by atoms with van der Waals surface area (Å²) < 4.78 is 4.43. The monoisotopic (exact) mass is 490 g/mol. The Hall–Kier alpha value is -2.67. The average molecular weight is 491 g/mol. The van der Waals surface area contributed by atoms with Crippen molar-refractivity contribution in [3.63, 3.8) is 0 Å². The molecule has 1 atom stereocenters. The fourth-order valence-electron chi connectivity index (χ4n) is 6.97. The van der Waals surface area contributed by atoms with Crippen molar-refractivity contribution in [2.24, 2.45) is 0 Å². The van der Waals surface area contributed by atoms with E-state index in [0.717, 1.165) is 0 Å². The topological polar surface area (TPSA) is 0 Å². The maximum absolute atomic E-state index is 2.73. The van der Waals surface area contributed by atoms with Crippen LogP contribution in [0, 0.1) is 0 Å². The summed E-state index contributed by atoms with van der Waals surface area (Å²) in [6.45, 7) is 0. The number of fused-ring (bicyclic) bond motifs is 2. The quantitative estimate of drug-likeness (QED) is 0.227. The van der Waals surface area contributed by atoms with E-state index in [2.05, 4.69) is 115 Å². The van der Waals surface area contributed by atoms with E-state index in [-0.39, 0.29) is 0 Å². The van der Waals surface area contributed by atoms with Crippen LogP contribution in [0.1, 0.15) is 57.7 Å². The van der Waals surface area contributed by atoms with Crippen LogP contribution in [0.3, 0.4) is 0 Å². The zero-order valence-electron chi connectivity index (χ0n) is 20.5. The first kappa shape index (κ1) is 22.8. The molecule has 0 nitrogen and oxygen atoms in total. The Morgan fingerprint density at radius 2 is 0.971 bits per heavy atom. The van der Waals surface area contributed by atoms with E-state index in [0.29, 0.717) is 4.22 Å². The molecule has 0 fully saturated rings. The van der Waals surface area contributed by atoms with Crippen molar-refractivity contribution in [2.75, 3.05) is 0 Å². The summed E-state index contributed by atoms with van der Waals surface area (Å²) in [4.78, 5) is 0. The van der Waals surface area contributed by atoms with Crippen LogP contribution in [0.2, 0.25) is 0 Å². The molecule has 4 aromatic carbocycles. The predicted molar refractivity (Wildman–Crippen MR) is 145 cm³/mol. The molecule has 0 aromatic heterocycles. The zero-order chi connectivity index (χ0) is 23.5. The fraction of sp³-hybridized carbons (Fsp3) is 0.235. The van der Waals surface area contributed by atoms with Crippen molar-refractivity contribution in [3.8, 4) is 0 Å². The van der Waals surface area contributed by atoms with Crippen molar-refractivity contribution in [3.05, 3.63) is 149 Å². The molecule has 0 heterocycles. The van der Waals surface area contributed by atoms with Crippen molar-refractivity contribution in [1.82, 2.24) is 0 Å². The zero-order valence-corrected chi connectivity index (χ0v) is 22.1. The van der Waals surface area contributed by atoms with E-state index in [4.69, 9.17) is 0 Å². The van der Waals surface area contributed by atoms with Crippen LogP contribution in [0.15, 0.2) is 121 Å². The van der Waals surface area contributed by atoms with Gasteiger partial charge in [0.15, 0.2) is 0 Å². The van der Waals surface area contributed by atoms with E-state index in [1.165, 1.54) is 56.6 Å². The molecule has 35 heavy (non-hydrogen) atoms. The molecule has 0 saturated heterocycles. The normalized spacial score (nSPS) is 17.2. The Morgan fingerprint density at radius 3 is 1.51 bits per heavy atom. The van der Waals surface area contributed by atoms with Crippen LogP contribution in [0.5, 0.6) is 0 Å². The first-order chi connectivity index (χ1) is 17.3. The van der Waals surface area contributed by atoms with Gasteiger partial charge in [-0.25, -0.2) is 0 Å². The molecule has 0 amide bonds. The van der Waals surface area contributed by atoms with Gasteiger partial charge in [-0.15, -0.1) is 0 Å². The third kappa shape index (κ3) is 4.63. The van der Waals surface area contributed by atoms with Crippen LogP contribution in [-0.4, -0.2) is 0 Å². The van der Waals surface area contributed by atoms with Gasteiger partial charge >= 0.3 is 215 Å². The number of hydrogen-bond donors (Lipinski definition) is 0. The molecule has 1 heteroatoms. The summed E-state index contributed by atoms with van der Waals surface area (Å²) in [6.07, 6.45) is 5.25. The summed E-state index contributed by atoms with van der Waals surface area (Å²) in [6, 6.07) is 43.7. The minimum atomic E-state index is -2.73. The van der Waals surface area contributed by atoms with Gasteiger partial charge in [-0.05, 0) is 0 Å². The molecule has 0 N–H and O–H groups in total. The second-order valence-corrected chi connectivity index (χ2v) is 17.4. The van der Waals surface area contributed by atoms with Crippen molar-refractivity contribution in [1.29, 1.82) is 0 Å². The standard InChI is InChI=1S/C13H13.3C7H7.Ti/c1-3-7-12-10(5-1)9-11-6-2-4-8-13(11)12;3*1-7-5-3-2-4-6-7;/h1,3,5,7,9H,2,4,6,8H2;3*2-6H,1H2;. The first-order valence-corrected chi connectivity index (χ1v) is 17.5. The van der Waals surface area contributed by atoms with Gasteiger partial charge in [0, 0.05) is 0 Å². The van der Waals surface area contributed by atoms with Gasteiger partial charge in [0.25, 0.3) is 0 Å². The number of benzene rings is 4. The summed E-state index contributed by atoms with van der Waals surface area (Å²) in [5.41, 5.74) is 11.4. The molecule has 0 bridgehead atoms. The Balaban J connectivity index is 1.57. The molecule has 6 rings (SSSR count). The van der Waals surface area contributed by atoms with Gasteiger partial charge < -0.3 is 0 Å². The predicted octanol–water partition coefficient (Wildman–Crippen LogP) is 8.82. The van der Waals surface area contributed by atoms with Crippen molar-refractivity contribution < 1.29 is 16.6 Å². The Kier molecular flexibility index (Phi) is 6.60. The van der Waals surface area contributed by atoms with E-state index >= 15 is 0 Å². The van der Waals surface area contributed by atoms with E-state index < -0.39 is 16.6 Å². The van der Waals surface area contributed by atoms with Crippen LogP contribution < -0.4 is 0 Å². The average Bonchev–Trinajstić information content (AvgIpc) is 3.25. The van der Waals surface area contributed by atoms with Gasteiger partial charge in [0.1, 0.15) is 0 Å². The maximum atomic E-state index is 2.49. The minimum absolute atomic E-state index is 0.641. The van der Waals surface area contributed by atoms with Gasteiger partial charge in [-0.2, -0.15) is 0 Å². The summed E-state index contributed by atoms with van der Waals surface area (Å²) in [7, 11) is 0. The second-order valence-electron chi connectivity index (χ2n) is 10.6. The van der Waals surface area contributed by atoms with Gasteiger partial charge in [-0.3, -0.25) is 0 Å². The number of rotatable bonds is 7. The molecular formula is C34H34Ti. The third-order valence-electron chi connectivity index (χ3n) is 8.27. The molecular weight excluding hydrogens is 456 g/mol. The van der Waals surface area contributed by atoms with E-state index in [1.807, 2.05) is 5.57 Å². The molecule has 0 spiro atoms. The first-order valence-electron chi connectivity index (χ1n) is 13.3. The van der Waals surface area contributed by atoms with E-state index in [1.54, 1.807) is 16.7 Å². The van der Waals surface area contributed by atoms with Gasteiger partial charge in [0.2, 0.25) is 0 Å². The number of hydrogen-bond acceptors (Lipinski definition) is 0. The van der Waals surface area contributed by atoms with Crippen LogP contribution in [0.25, 0.3) is 5.57 Å². The Morgan fingerprint density at radius 1 is 0.514 bits per heavy atom. The molecule has 2 aliphatic carbocycles. The summed E-state index contributed by atoms with van der Waals surface area (Å²) >= 11 is -2.73. The SMILES string of the molecule is c1ccc([CH2][Ti]([CH2]c2ccccc2)([CH2]c2ccccc2)[CH]2C3=C(CCCC3)c3ccccc32)cc1. The Bertz CT molecular complexity index is 1200. The van der Waals surface area contributed by atoms with Crippen LogP contribution in [0.4, 0.5) is 0 Å². The molecule has 0 aliphatic heterocycles. The summed E-state index contributed by atoms with van der Waals surface area (Å²) in [5, 5.41) is 0. The molecule has 0 saturated carbocycles. The summed E-state index contributed by atoms with van der Waals surface area (Å²) in [5.74, 6) is 0. The Labute approximate surface area is 214 Å². The van der Waals surface area contributed by atoms with Gasteiger partial charge in [-0.1, -0.05) is 0 Å². The molecule has 4 aromatic rings. The van der Waals surface area contributed by atoms with E-state index in [9.17, 15) is 0 Å². The molecule has 174 valence electrons. The molecule has 0 radical (unpaired) electrons. The molecule has 2 aliphatic rings. The van der Waals surface area contributed by atoms with Crippen molar-refractivity contribution in [2.45, 2.75) is 44.1 Å². The molecule has 1 unspecified atom stereocenters. The van der Waals surface area contributed by atoms with Gasteiger partial charge in [0.05, 0.1) is 0 Å². The fourth-order valence-corrected chi connectivity index (χ4v) is 16.5. The third-order valence-corrected chi connectivity index (χ3v) is 16.4. The van der Waals surface area contributed by atoms with Crippen LogP contribution in [-0.2, 0) is 30.8 Å².